The topological polar surface area (TPSA) is 72.8 Å². The number of aromatic amines is 1. The minimum atomic E-state index is -0.571. The normalized spacial score (nSPS) is 13.9. The van der Waals surface area contributed by atoms with E-state index in [1.807, 2.05) is 43.0 Å². The van der Waals surface area contributed by atoms with Gasteiger partial charge in [-0.2, -0.15) is 5.26 Å². The average Bonchev–Trinajstić information content (AvgIpc) is 3.21. The van der Waals surface area contributed by atoms with Crippen molar-refractivity contribution in [2.45, 2.75) is 38.6 Å². The summed E-state index contributed by atoms with van der Waals surface area (Å²) >= 11 is 0. The summed E-state index contributed by atoms with van der Waals surface area (Å²) in [5.41, 5.74) is 7.74. The van der Waals surface area contributed by atoms with E-state index in [0.29, 0.717) is 12.1 Å². The number of carbonyl (C=O) groups excluding carboxylic acids is 1. The molecule has 0 atom stereocenters. The van der Waals surface area contributed by atoms with Crippen LogP contribution in [0.5, 0.6) is 0 Å². The van der Waals surface area contributed by atoms with E-state index in [2.05, 4.69) is 52.4 Å². The third-order valence-electron chi connectivity index (χ3n) is 6.62. The van der Waals surface area contributed by atoms with Crippen molar-refractivity contribution in [3.05, 3.63) is 89.2 Å². The van der Waals surface area contributed by atoms with Gasteiger partial charge in [0, 0.05) is 18.7 Å². The van der Waals surface area contributed by atoms with Gasteiger partial charge in [-0.1, -0.05) is 30.3 Å². The molecular weight excluding hydrogens is 408 g/mol. The predicted molar refractivity (Wildman–Crippen MR) is 130 cm³/mol. The highest BCUT2D eigenvalue weighted by atomic mass is 16.2. The molecule has 1 aliphatic heterocycles. The molecule has 0 radical (unpaired) electrons. The number of imidazole rings is 1. The van der Waals surface area contributed by atoms with Crippen molar-refractivity contribution in [1.29, 1.82) is 5.26 Å². The molecule has 5 heteroatoms. The minimum absolute atomic E-state index is 0.0347. The number of hydrogen-bond donors (Lipinski definition) is 1. The highest BCUT2D eigenvalue weighted by Gasteiger charge is 2.23. The molecule has 1 N–H and O–H groups in total. The van der Waals surface area contributed by atoms with Gasteiger partial charge < -0.3 is 9.88 Å². The third kappa shape index (κ3) is 4.01. The Hall–Kier alpha value is -3.91. The summed E-state index contributed by atoms with van der Waals surface area (Å²) in [6.07, 6.45) is 3.62. The van der Waals surface area contributed by atoms with E-state index < -0.39 is 5.41 Å². The van der Waals surface area contributed by atoms with Gasteiger partial charge in [0.15, 0.2) is 0 Å². The number of hydrogen-bond acceptors (Lipinski definition) is 3. The smallest absolute Gasteiger partial charge is 0.254 e. The minimum Gasteiger partial charge on any atom is -0.345 e. The maximum atomic E-state index is 13.3. The van der Waals surface area contributed by atoms with Gasteiger partial charge in [-0.05, 0) is 84.8 Å². The number of carbonyl (C=O) groups is 1. The zero-order valence-corrected chi connectivity index (χ0v) is 18.9. The molecular formula is C28H26N4O. The summed E-state index contributed by atoms with van der Waals surface area (Å²) in [7, 11) is 0. The lowest BCUT2D eigenvalue weighted by Gasteiger charge is -2.22. The van der Waals surface area contributed by atoms with Crippen LogP contribution in [0.4, 0.5) is 0 Å². The van der Waals surface area contributed by atoms with Gasteiger partial charge in [0.2, 0.25) is 0 Å². The molecule has 0 aliphatic carbocycles. The van der Waals surface area contributed by atoms with Crippen molar-refractivity contribution < 1.29 is 4.79 Å². The number of aryl methyl sites for hydroxylation is 1. The number of benzene rings is 3. The summed E-state index contributed by atoms with van der Waals surface area (Å²) in [5.74, 6) is 0.0347. The van der Waals surface area contributed by atoms with E-state index in [4.69, 9.17) is 0 Å². The first kappa shape index (κ1) is 21.0. The van der Waals surface area contributed by atoms with E-state index in [9.17, 15) is 10.1 Å². The van der Waals surface area contributed by atoms with E-state index in [0.717, 1.165) is 47.1 Å². The molecule has 0 fully saturated rings. The second-order valence-electron chi connectivity index (χ2n) is 9.26. The first-order chi connectivity index (χ1) is 15.9. The van der Waals surface area contributed by atoms with Gasteiger partial charge in [0.25, 0.3) is 5.91 Å². The molecule has 0 bridgehead atoms. The summed E-state index contributed by atoms with van der Waals surface area (Å²) in [6, 6.07) is 22.6. The molecule has 3 aromatic carbocycles. The zero-order chi connectivity index (χ0) is 23.0. The fourth-order valence-corrected chi connectivity index (χ4v) is 4.50. The lowest BCUT2D eigenvalue weighted by atomic mass is 9.86. The van der Waals surface area contributed by atoms with Crippen LogP contribution in [0.15, 0.2) is 67.0 Å². The molecule has 5 nitrogen and oxygen atoms in total. The van der Waals surface area contributed by atoms with Crippen molar-refractivity contribution in [2.75, 3.05) is 6.54 Å². The molecule has 33 heavy (non-hydrogen) atoms. The van der Waals surface area contributed by atoms with E-state index in [1.54, 1.807) is 6.33 Å². The van der Waals surface area contributed by atoms with Crippen LogP contribution >= 0.6 is 0 Å². The third-order valence-corrected chi connectivity index (χ3v) is 6.62. The molecule has 1 amide bonds. The largest absolute Gasteiger partial charge is 0.345 e. The Bertz CT molecular complexity index is 1380. The maximum Gasteiger partial charge on any atom is 0.254 e. The molecule has 0 unspecified atom stereocenters. The molecule has 1 aromatic heterocycles. The number of fused-ring (bicyclic) bond motifs is 2. The van der Waals surface area contributed by atoms with Crippen LogP contribution in [0, 0.1) is 11.3 Å². The number of nitrogens with one attached hydrogen (secondary N) is 1. The molecule has 0 saturated heterocycles. The van der Waals surface area contributed by atoms with Crippen LogP contribution in [-0.4, -0.2) is 27.3 Å². The molecule has 164 valence electrons. The van der Waals surface area contributed by atoms with E-state index in [1.165, 1.54) is 11.1 Å². The van der Waals surface area contributed by atoms with Crippen LogP contribution in [-0.2, 0) is 18.4 Å². The Kier molecular flexibility index (Phi) is 5.22. The fourth-order valence-electron chi connectivity index (χ4n) is 4.50. The molecule has 1 aliphatic rings. The van der Waals surface area contributed by atoms with Gasteiger partial charge in [-0.15, -0.1) is 0 Å². The maximum absolute atomic E-state index is 13.3. The van der Waals surface area contributed by atoms with Crippen molar-refractivity contribution in [1.82, 2.24) is 14.9 Å². The van der Waals surface area contributed by atoms with E-state index in [-0.39, 0.29) is 5.91 Å². The number of amides is 1. The molecule has 5 rings (SSSR count). The zero-order valence-electron chi connectivity index (χ0n) is 18.9. The average molecular weight is 435 g/mol. The Morgan fingerprint density at radius 2 is 1.79 bits per heavy atom. The summed E-state index contributed by atoms with van der Waals surface area (Å²) in [4.78, 5) is 22.8. The van der Waals surface area contributed by atoms with Crippen LogP contribution in [0.1, 0.15) is 47.3 Å². The second kappa shape index (κ2) is 8.22. The van der Waals surface area contributed by atoms with Gasteiger partial charge >= 0.3 is 0 Å². The van der Waals surface area contributed by atoms with Crippen molar-refractivity contribution in [3.63, 3.8) is 0 Å². The van der Waals surface area contributed by atoms with Gasteiger partial charge in [-0.3, -0.25) is 4.79 Å². The van der Waals surface area contributed by atoms with Gasteiger partial charge in [0.05, 0.1) is 28.8 Å². The summed E-state index contributed by atoms with van der Waals surface area (Å²) < 4.78 is 0. The van der Waals surface area contributed by atoms with Crippen molar-refractivity contribution in [2.24, 2.45) is 0 Å². The van der Waals surface area contributed by atoms with Crippen LogP contribution in [0.3, 0.4) is 0 Å². The molecule has 0 saturated carbocycles. The van der Waals surface area contributed by atoms with Crippen LogP contribution < -0.4 is 0 Å². The van der Waals surface area contributed by atoms with Gasteiger partial charge in [-0.25, -0.2) is 4.98 Å². The fraction of sp³-hybridized carbons (Fsp3) is 0.250. The number of nitrogens with zero attached hydrogens (tertiary/aromatic N) is 3. The Morgan fingerprint density at radius 1 is 1.03 bits per heavy atom. The Balaban J connectivity index is 1.41. The van der Waals surface area contributed by atoms with Crippen LogP contribution in [0.25, 0.3) is 22.2 Å². The number of aromatic nitrogens is 2. The first-order valence-corrected chi connectivity index (χ1v) is 11.3. The number of H-pyrrole nitrogens is 1. The molecule has 0 spiro atoms. The standard InChI is InChI=1S/C28H26N4O/c1-28(2,17-29)24-10-7-20(8-11-24)27(33)32-13-3-4-19-5-6-21(14-23(19)16-32)22-9-12-25-26(15-22)31-18-30-25/h5-12,14-15,18H,3-4,13,16H2,1-2H3,(H,30,31). The van der Waals surface area contributed by atoms with Crippen molar-refractivity contribution >= 4 is 16.9 Å². The second-order valence-corrected chi connectivity index (χ2v) is 9.26. The van der Waals surface area contributed by atoms with Crippen LogP contribution in [0.2, 0.25) is 0 Å². The lowest BCUT2D eigenvalue weighted by Crippen LogP contribution is -2.30. The SMILES string of the molecule is CC(C)(C#N)c1ccc(C(=O)N2CCCc3ccc(-c4ccc5[nH]cnc5c4)cc3C2)cc1. The quantitative estimate of drug-likeness (QED) is 0.455. The summed E-state index contributed by atoms with van der Waals surface area (Å²) in [6.45, 7) is 5.10. The highest BCUT2D eigenvalue weighted by molar-refractivity contribution is 5.94. The Morgan fingerprint density at radius 3 is 2.58 bits per heavy atom. The van der Waals surface area contributed by atoms with Gasteiger partial charge in [0.1, 0.15) is 0 Å². The lowest BCUT2D eigenvalue weighted by molar-refractivity contribution is 0.0746. The number of nitriles is 1. The molecule has 4 aromatic rings. The molecule has 2 heterocycles. The number of rotatable bonds is 3. The predicted octanol–water partition coefficient (Wildman–Crippen LogP) is 5.62. The first-order valence-electron chi connectivity index (χ1n) is 11.3. The monoisotopic (exact) mass is 434 g/mol. The highest BCUT2D eigenvalue weighted by Crippen LogP contribution is 2.29. The summed E-state index contributed by atoms with van der Waals surface area (Å²) in [5, 5.41) is 9.37. The van der Waals surface area contributed by atoms with Crippen molar-refractivity contribution in [3.8, 4) is 17.2 Å². The Labute approximate surface area is 193 Å². The van der Waals surface area contributed by atoms with E-state index >= 15 is 0 Å².